The third-order valence-electron chi connectivity index (χ3n) is 2.35. The van der Waals surface area contributed by atoms with Crippen LogP contribution in [0.15, 0.2) is 29.2 Å². The summed E-state index contributed by atoms with van der Waals surface area (Å²) in [7, 11) is -3.05. The second kappa shape index (κ2) is 3.88. The van der Waals surface area contributed by atoms with E-state index in [9.17, 15) is 8.42 Å². The van der Waals surface area contributed by atoms with Crippen LogP contribution in [-0.2, 0) is 9.84 Å². The Hall–Kier alpha value is -0.580. The van der Waals surface area contributed by atoms with Gasteiger partial charge in [0.2, 0.25) is 0 Å². The van der Waals surface area contributed by atoms with Crippen molar-refractivity contribution in [2.75, 3.05) is 5.75 Å². The second-order valence-corrected chi connectivity index (χ2v) is 5.33. The van der Waals surface area contributed by atoms with Gasteiger partial charge in [0.05, 0.1) is 10.6 Å². The van der Waals surface area contributed by atoms with Crippen molar-refractivity contribution in [2.45, 2.75) is 17.4 Å². The molecule has 0 fully saturated rings. The number of hydrogen-bond acceptors (Lipinski definition) is 3. The lowest BCUT2D eigenvalue weighted by Gasteiger charge is -2.21. The first-order valence-corrected chi connectivity index (χ1v) is 5.84. The minimum atomic E-state index is -3.05. The molecule has 0 amide bonds. The van der Waals surface area contributed by atoms with Gasteiger partial charge in [0.15, 0.2) is 9.84 Å². The van der Waals surface area contributed by atoms with Crippen molar-refractivity contribution < 1.29 is 8.42 Å². The van der Waals surface area contributed by atoms with Gasteiger partial charge in [-0.3, -0.25) is 0 Å². The SMILES string of the molecule is Cl.N[C@H]1CCS(=O)(=O)c2ccccc21. The highest BCUT2D eigenvalue weighted by molar-refractivity contribution is 7.91. The highest BCUT2D eigenvalue weighted by atomic mass is 35.5. The van der Waals surface area contributed by atoms with Crippen LogP contribution >= 0.6 is 12.4 Å². The fraction of sp³-hybridized carbons (Fsp3) is 0.333. The summed E-state index contributed by atoms with van der Waals surface area (Å²) in [4.78, 5) is 0.411. The minimum Gasteiger partial charge on any atom is -0.324 e. The van der Waals surface area contributed by atoms with Gasteiger partial charge < -0.3 is 5.73 Å². The van der Waals surface area contributed by atoms with Crippen LogP contribution in [0, 0.1) is 0 Å². The Morgan fingerprint density at radius 1 is 1.29 bits per heavy atom. The van der Waals surface area contributed by atoms with Gasteiger partial charge in [0, 0.05) is 6.04 Å². The van der Waals surface area contributed by atoms with Gasteiger partial charge in [-0.05, 0) is 18.1 Å². The quantitative estimate of drug-likeness (QED) is 0.735. The lowest BCUT2D eigenvalue weighted by molar-refractivity contribution is 0.569. The van der Waals surface area contributed by atoms with E-state index in [0.717, 1.165) is 5.56 Å². The van der Waals surface area contributed by atoms with Gasteiger partial charge in [-0.25, -0.2) is 8.42 Å². The maximum atomic E-state index is 11.6. The van der Waals surface area contributed by atoms with E-state index in [1.807, 2.05) is 6.07 Å². The molecule has 0 aromatic heterocycles. The van der Waals surface area contributed by atoms with Crippen molar-refractivity contribution in [3.63, 3.8) is 0 Å². The molecule has 1 aromatic rings. The molecular formula is C9H12ClNO2S. The molecule has 0 radical (unpaired) electrons. The van der Waals surface area contributed by atoms with Crippen molar-refractivity contribution >= 4 is 22.2 Å². The molecule has 1 aliphatic rings. The average Bonchev–Trinajstić information content (AvgIpc) is 2.13. The zero-order valence-electron chi connectivity index (χ0n) is 7.51. The molecule has 0 saturated carbocycles. The third kappa shape index (κ3) is 1.78. The molecule has 78 valence electrons. The van der Waals surface area contributed by atoms with Gasteiger partial charge in [-0.2, -0.15) is 0 Å². The van der Waals surface area contributed by atoms with E-state index in [2.05, 4.69) is 0 Å². The van der Waals surface area contributed by atoms with Crippen LogP contribution in [-0.4, -0.2) is 14.2 Å². The number of halogens is 1. The molecule has 0 aliphatic carbocycles. The standard InChI is InChI=1S/C9H11NO2S.ClH/c10-8-5-6-13(11,12)9-4-2-1-3-7(8)9;/h1-4,8H,5-6,10H2;1H/t8-;/m0./s1. The van der Waals surface area contributed by atoms with Crippen LogP contribution in [0.3, 0.4) is 0 Å². The van der Waals surface area contributed by atoms with E-state index in [4.69, 9.17) is 5.73 Å². The molecule has 1 aromatic carbocycles. The van der Waals surface area contributed by atoms with Crippen LogP contribution in [0.2, 0.25) is 0 Å². The highest BCUT2D eigenvalue weighted by Crippen LogP contribution is 2.29. The number of nitrogens with two attached hydrogens (primary N) is 1. The zero-order chi connectivity index (χ0) is 9.47. The number of benzene rings is 1. The summed E-state index contributed by atoms with van der Waals surface area (Å²) in [6.07, 6.45) is 0.527. The summed E-state index contributed by atoms with van der Waals surface area (Å²) >= 11 is 0. The molecule has 0 spiro atoms. The summed E-state index contributed by atoms with van der Waals surface area (Å²) in [5, 5.41) is 0. The molecule has 5 heteroatoms. The molecule has 3 nitrogen and oxygen atoms in total. The Morgan fingerprint density at radius 3 is 2.57 bits per heavy atom. The molecule has 0 saturated heterocycles. The Balaban J connectivity index is 0.000000980. The van der Waals surface area contributed by atoms with Crippen molar-refractivity contribution in [2.24, 2.45) is 5.73 Å². The molecule has 1 heterocycles. The first-order valence-electron chi connectivity index (χ1n) is 4.18. The number of sulfone groups is 1. The van der Waals surface area contributed by atoms with Crippen molar-refractivity contribution in [3.05, 3.63) is 29.8 Å². The van der Waals surface area contributed by atoms with Gasteiger partial charge in [0.1, 0.15) is 0 Å². The molecule has 14 heavy (non-hydrogen) atoms. The van der Waals surface area contributed by atoms with Crippen LogP contribution in [0.1, 0.15) is 18.0 Å². The van der Waals surface area contributed by atoms with E-state index >= 15 is 0 Å². The lowest BCUT2D eigenvalue weighted by Crippen LogP contribution is -2.24. The fourth-order valence-electron chi connectivity index (χ4n) is 1.62. The number of hydrogen-bond donors (Lipinski definition) is 1. The lowest BCUT2D eigenvalue weighted by atomic mass is 10.1. The van der Waals surface area contributed by atoms with E-state index in [0.29, 0.717) is 11.3 Å². The fourth-order valence-corrected chi connectivity index (χ4v) is 3.27. The van der Waals surface area contributed by atoms with Gasteiger partial charge in [-0.1, -0.05) is 18.2 Å². The van der Waals surface area contributed by atoms with E-state index in [1.165, 1.54) is 0 Å². The van der Waals surface area contributed by atoms with Crippen LogP contribution in [0.25, 0.3) is 0 Å². The Labute approximate surface area is 89.6 Å². The molecule has 2 N–H and O–H groups in total. The monoisotopic (exact) mass is 233 g/mol. The first kappa shape index (κ1) is 11.5. The van der Waals surface area contributed by atoms with E-state index in [-0.39, 0.29) is 24.2 Å². The van der Waals surface area contributed by atoms with Gasteiger partial charge in [0.25, 0.3) is 0 Å². The summed E-state index contributed by atoms with van der Waals surface area (Å²) in [6, 6.07) is 6.84. The van der Waals surface area contributed by atoms with Gasteiger partial charge in [-0.15, -0.1) is 12.4 Å². The smallest absolute Gasteiger partial charge is 0.178 e. The summed E-state index contributed by atoms with van der Waals surface area (Å²) in [6.45, 7) is 0. The van der Waals surface area contributed by atoms with Gasteiger partial charge >= 0.3 is 0 Å². The first-order chi connectivity index (χ1) is 6.11. The molecule has 2 rings (SSSR count). The zero-order valence-corrected chi connectivity index (χ0v) is 9.14. The van der Waals surface area contributed by atoms with Crippen molar-refractivity contribution in [3.8, 4) is 0 Å². The Bertz CT molecular complexity index is 430. The maximum Gasteiger partial charge on any atom is 0.178 e. The predicted molar refractivity (Wildman–Crippen MR) is 57.3 cm³/mol. The summed E-state index contributed by atoms with van der Waals surface area (Å²) in [5.41, 5.74) is 6.56. The summed E-state index contributed by atoms with van der Waals surface area (Å²) < 4.78 is 23.1. The Morgan fingerprint density at radius 2 is 1.93 bits per heavy atom. The minimum absolute atomic E-state index is 0. The van der Waals surface area contributed by atoms with Crippen LogP contribution in [0.4, 0.5) is 0 Å². The average molecular weight is 234 g/mol. The van der Waals surface area contributed by atoms with E-state index < -0.39 is 9.84 Å². The van der Waals surface area contributed by atoms with Crippen molar-refractivity contribution in [1.82, 2.24) is 0 Å². The largest absolute Gasteiger partial charge is 0.324 e. The molecule has 0 bridgehead atoms. The van der Waals surface area contributed by atoms with Crippen LogP contribution in [0.5, 0.6) is 0 Å². The topological polar surface area (TPSA) is 60.2 Å². The normalized spacial score (nSPS) is 23.4. The summed E-state index contributed by atoms with van der Waals surface area (Å²) in [5.74, 6) is 0.172. The molecule has 1 atom stereocenters. The second-order valence-electron chi connectivity index (χ2n) is 3.25. The molecule has 1 aliphatic heterocycles. The predicted octanol–water partition coefficient (Wildman–Crippen LogP) is 1.29. The highest BCUT2D eigenvalue weighted by Gasteiger charge is 2.27. The van der Waals surface area contributed by atoms with E-state index in [1.54, 1.807) is 18.2 Å². The maximum absolute atomic E-state index is 11.6. The van der Waals surface area contributed by atoms with Crippen LogP contribution < -0.4 is 5.73 Å². The molecule has 0 unspecified atom stereocenters. The third-order valence-corrected chi connectivity index (χ3v) is 4.17. The van der Waals surface area contributed by atoms with Crippen molar-refractivity contribution in [1.29, 1.82) is 0 Å². The molecular weight excluding hydrogens is 222 g/mol. The Kier molecular flexibility index (Phi) is 3.19. The number of fused-ring (bicyclic) bond motifs is 1. The number of rotatable bonds is 0.